The van der Waals surface area contributed by atoms with E-state index < -0.39 is 6.10 Å². The highest BCUT2D eigenvalue weighted by Crippen LogP contribution is 2.54. The third kappa shape index (κ3) is 4.02. The van der Waals surface area contributed by atoms with Crippen LogP contribution in [0.15, 0.2) is 54.6 Å². The molecule has 1 amide bonds. The molecule has 0 aliphatic heterocycles. The van der Waals surface area contributed by atoms with Crippen LogP contribution in [0.25, 0.3) is 0 Å². The molecule has 126 valence electrons. The Hall–Kier alpha value is -2.17. The average molecular weight is 324 g/mol. The second-order valence-corrected chi connectivity index (χ2v) is 6.66. The summed E-state index contributed by atoms with van der Waals surface area (Å²) in [5.41, 5.74) is 2.94. The number of amides is 1. The van der Waals surface area contributed by atoms with Crippen LogP contribution in [-0.4, -0.2) is 17.6 Å². The maximum atomic E-state index is 11.0. The summed E-state index contributed by atoms with van der Waals surface area (Å²) in [6.07, 6.45) is 1.70. The molecular formula is C20H24N2O2. The number of carbonyl (C=O) groups is 1. The highest BCUT2D eigenvalue weighted by Gasteiger charge is 2.48. The Balaban J connectivity index is 1.52. The van der Waals surface area contributed by atoms with Crippen molar-refractivity contribution >= 4 is 11.6 Å². The summed E-state index contributed by atoms with van der Waals surface area (Å²) in [6, 6.07) is 17.7. The fourth-order valence-electron chi connectivity index (χ4n) is 3.06. The topological polar surface area (TPSA) is 61.4 Å². The molecule has 2 aromatic carbocycles. The second kappa shape index (κ2) is 7.16. The summed E-state index contributed by atoms with van der Waals surface area (Å²) in [4.78, 5) is 11.0. The van der Waals surface area contributed by atoms with Crippen LogP contribution in [-0.2, 0) is 11.3 Å². The summed E-state index contributed by atoms with van der Waals surface area (Å²) in [5, 5.41) is 16.9. The van der Waals surface area contributed by atoms with Crippen LogP contribution in [0, 0.1) is 5.41 Å². The molecule has 1 aliphatic rings. The first-order valence-electron chi connectivity index (χ1n) is 8.39. The molecule has 0 heterocycles. The monoisotopic (exact) mass is 324 g/mol. The predicted octanol–water partition coefficient (Wildman–Crippen LogP) is 3.25. The molecule has 3 rings (SSSR count). The van der Waals surface area contributed by atoms with Crippen molar-refractivity contribution in [1.29, 1.82) is 0 Å². The van der Waals surface area contributed by atoms with Crippen LogP contribution in [0.4, 0.5) is 5.69 Å². The Kier molecular flexibility index (Phi) is 4.97. The molecular weight excluding hydrogens is 300 g/mol. The zero-order chi connectivity index (χ0) is 17.0. The van der Waals surface area contributed by atoms with Crippen molar-refractivity contribution in [2.75, 3.05) is 11.9 Å². The van der Waals surface area contributed by atoms with Crippen LogP contribution in [0.1, 0.15) is 37.0 Å². The van der Waals surface area contributed by atoms with Gasteiger partial charge in [0.1, 0.15) is 0 Å². The van der Waals surface area contributed by atoms with Crippen molar-refractivity contribution in [3.8, 4) is 0 Å². The van der Waals surface area contributed by atoms with E-state index in [-0.39, 0.29) is 11.3 Å². The molecule has 1 saturated carbocycles. The molecule has 0 spiro atoms. The number of hydrogen-bond acceptors (Lipinski definition) is 3. The van der Waals surface area contributed by atoms with Gasteiger partial charge in [0, 0.05) is 31.1 Å². The van der Waals surface area contributed by atoms with Gasteiger partial charge in [0.25, 0.3) is 0 Å². The van der Waals surface area contributed by atoms with Crippen LogP contribution in [0.5, 0.6) is 0 Å². The first-order chi connectivity index (χ1) is 11.6. The van der Waals surface area contributed by atoms with Gasteiger partial charge in [-0.25, -0.2) is 0 Å². The van der Waals surface area contributed by atoms with E-state index in [0.29, 0.717) is 0 Å². The SMILES string of the molecule is CC(=O)Nc1ccc(CNCC2(C(O)c3ccccc3)CC2)cc1. The first kappa shape index (κ1) is 16.7. The Morgan fingerprint density at radius 3 is 2.38 bits per heavy atom. The zero-order valence-electron chi connectivity index (χ0n) is 14.0. The van der Waals surface area contributed by atoms with Gasteiger partial charge in [0.05, 0.1) is 6.10 Å². The van der Waals surface area contributed by atoms with E-state index in [1.165, 1.54) is 6.92 Å². The van der Waals surface area contributed by atoms with Gasteiger partial charge in [-0.1, -0.05) is 42.5 Å². The van der Waals surface area contributed by atoms with E-state index >= 15 is 0 Å². The van der Waals surface area contributed by atoms with Crippen LogP contribution < -0.4 is 10.6 Å². The minimum Gasteiger partial charge on any atom is -0.388 e. The lowest BCUT2D eigenvalue weighted by atomic mass is 9.92. The van der Waals surface area contributed by atoms with Gasteiger partial charge in [0.2, 0.25) is 5.91 Å². The molecule has 2 aromatic rings. The summed E-state index contributed by atoms with van der Waals surface area (Å²) >= 11 is 0. The summed E-state index contributed by atoms with van der Waals surface area (Å²) in [6.45, 7) is 3.06. The Bertz CT molecular complexity index is 679. The molecule has 0 aromatic heterocycles. The van der Waals surface area contributed by atoms with E-state index in [0.717, 1.165) is 42.7 Å². The lowest BCUT2D eigenvalue weighted by Gasteiger charge is -2.23. The number of carbonyl (C=O) groups excluding carboxylic acids is 1. The lowest BCUT2D eigenvalue weighted by Crippen LogP contribution is -2.28. The molecule has 0 bridgehead atoms. The predicted molar refractivity (Wildman–Crippen MR) is 95.5 cm³/mol. The van der Waals surface area contributed by atoms with Gasteiger partial charge < -0.3 is 15.7 Å². The average Bonchev–Trinajstić information content (AvgIpc) is 3.37. The molecule has 24 heavy (non-hydrogen) atoms. The van der Waals surface area contributed by atoms with Crippen molar-refractivity contribution in [1.82, 2.24) is 5.32 Å². The van der Waals surface area contributed by atoms with Crippen molar-refractivity contribution in [2.24, 2.45) is 5.41 Å². The van der Waals surface area contributed by atoms with E-state index in [2.05, 4.69) is 10.6 Å². The normalized spacial score (nSPS) is 16.4. The standard InChI is InChI=1S/C20H24N2O2/c1-15(23)22-18-9-7-16(8-10-18)13-21-14-20(11-12-20)19(24)17-5-3-2-4-6-17/h2-10,19,21,24H,11-14H2,1H3,(H,22,23). The lowest BCUT2D eigenvalue weighted by molar-refractivity contribution is -0.114. The van der Waals surface area contributed by atoms with Crippen LogP contribution in [0.2, 0.25) is 0 Å². The Morgan fingerprint density at radius 2 is 1.79 bits per heavy atom. The number of rotatable bonds is 7. The van der Waals surface area contributed by atoms with E-state index in [9.17, 15) is 9.90 Å². The van der Waals surface area contributed by atoms with Gasteiger partial charge >= 0.3 is 0 Å². The molecule has 3 N–H and O–H groups in total. The van der Waals surface area contributed by atoms with Crippen LogP contribution in [0.3, 0.4) is 0 Å². The molecule has 1 atom stereocenters. The number of benzene rings is 2. The minimum absolute atomic E-state index is 0.0303. The van der Waals surface area contributed by atoms with Crippen molar-refractivity contribution in [3.05, 3.63) is 65.7 Å². The third-order valence-corrected chi connectivity index (χ3v) is 4.67. The van der Waals surface area contributed by atoms with E-state index in [4.69, 9.17) is 0 Å². The number of anilines is 1. The number of hydrogen-bond donors (Lipinski definition) is 3. The molecule has 0 saturated heterocycles. The quantitative estimate of drug-likeness (QED) is 0.733. The van der Waals surface area contributed by atoms with E-state index in [1.54, 1.807) is 0 Å². The maximum Gasteiger partial charge on any atom is 0.221 e. The molecule has 4 nitrogen and oxygen atoms in total. The summed E-state index contributed by atoms with van der Waals surface area (Å²) < 4.78 is 0. The van der Waals surface area contributed by atoms with Crippen molar-refractivity contribution in [2.45, 2.75) is 32.4 Å². The molecule has 1 fully saturated rings. The molecule has 1 aliphatic carbocycles. The highest BCUT2D eigenvalue weighted by atomic mass is 16.3. The Labute approximate surface area is 142 Å². The van der Waals surface area contributed by atoms with E-state index in [1.807, 2.05) is 54.6 Å². The number of aliphatic hydroxyl groups is 1. The molecule has 4 heteroatoms. The summed E-state index contributed by atoms with van der Waals surface area (Å²) in [5.74, 6) is -0.0635. The fraction of sp³-hybridized carbons (Fsp3) is 0.350. The molecule has 0 radical (unpaired) electrons. The largest absolute Gasteiger partial charge is 0.388 e. The van der Waals surface area contributed by atoms with Gasteiger partial charge in [-0.3, -0.25) is 4.79 Å². The first-order valence-corrected chi connectivity index (χ1v) is 8.39. The molecule has 1 unspecified atom stereocenters. The van der Waals surface area contributed by atoms with Gasteiger partial charge in [-0.2, -0.15) is 0 Å². The van der Waals surface area contributed by atoms with Gasteiger partial charge in [0.15, 0.2) is 0 Å². The maximum absolute atomic E-state index is 11.0. The van der Waals surface area contributed by atoms with Crippen molar-refractivity contribution < 1.29 is 9.90 Å². The smallest absolute Gasteiger partial charge is 0.221 e. The fourth-order valence-corrected chi connectivity index (χ4v) is 3.06. The number of nitrogens with one attached hydrogen (secondary N) is 2. The minimum atomic E-state index is -0.409. The highest BCUT2D eigenvalue weighted by molar-refractivity contribution is 5.88. The Morgan fingerprint density at radius 1 is 1.12 bits per heavy atom. The third-order valence-electron chi connectivity index (χ3n) is 4.67. The van der Waals surface area contributed by atoms with Gasteiger partial charge in [-0.15, -0.1) is 0 Å². The van der Waals surface area contributed by atoms with Gasteiger partial charge in [-0.05, 0) is 36.1 Å². The van der Waals surface area contributed by atoms with Crippen molar-refractivity contribution in [3.63, 3.8) is 0 Å². The van der Waals surface area contributed by atoms with Crippen LogP contribution >= 0.6 is 0 Å². The summed E-state index contributed by atoms with van der Waals surface area (Å²) in [7, 11) is 0. The zero-order valence-corrected chi connectivity index (χ0v) is 14.0. The second-order valence-electron chi connectivity index (χ2n) is 6.66. The number of aliphatic hydroxyl groups excluding tert-OH is 1.